The van der Waals surface area contributed by atoms with Crippen LogP contribution in [0, 0.1) is 0 Å². The highest BCUT2D eigenvalue weighted by Gasteiger charge is 2.16. The number of ketones is 1. The van der Waals surface area contributed by atoms with Gasteiger partial charge in [-0.2, -0.15) is 0 Å². The molecular weight excluding hydrogens is 284 g/mol. The fourth-order valence-electron chi connectivity index (χ4n) is 2.14. The normalized spacial score (nSPS) is 10.4. The zero-order chi connectivity index (χ0) is 15.2. The van der Waals surface area contributed by atoms with E-state index in [-0.39, 0.29) is 5.78 Å². The largest absolute Gasteiger partial charge is 0.490 e. The molecule has 0 radical (unpaired) electrons. The molecule has 3 nitrogen and oxygen atoms in total. The van der Waals surface area contributed by atoms with Crippen LogP contribution in [0.2, 0.25) is 0 Å². The zero-order valence-electron chi connectivity index (χ0n) is 12.6. The number of ether oxygens (including phenoxy) is 2. The van der Waals surface area contributed by atoms with Gasteiger partial charge in [0, 0.05) is 5.56 Å². The van der Waals surface area contributed by atoms with Crippen LogP contribution in [0.4, 0.5) is 0 Å². The molecular formula is C17H20O3S. The smallest absolute Gasteiger partial charge is 0.203 e. The Balaban J connectivity index is 2.35. The van der Waals surface area contributed by atoms with Gasteiger partial charge in [-0.3, -0.25) is 4.79 Å². The van der Waals surface area contributed by atoms with E-state index in [1.807, 2.05) is 25.3 Å². The lowest BCUT2D eigenvalue weighted by atomic mass is 10.1. The fraction of sp³-hybridized carbons (Fsp3) is 0.353. The van der Waals surface area contributed by atoms with Crippen molar-refractivity contribution in [2.45, 2.75) is 27.2 Å². The molecule has 0 atom stereocenters. The Kier molecular flexibility index (Phi) is 5.39. The Morgan fingerprint density at radius 3 is 2.43 bits per heavy atom. The number of benzene rings is 1. The van der Waals surface area contributed by atoms with Crippen molar-refractivity contribution in [1.82, 2.24) is 0 Å². The third kappa shape index (κ3) is 3.45. The van der Waals surface area contributed by atoms with Crippen LogP contribution in [-0.2, 0) is 6.42 Å². The van der Waals surface area contributed by atoms with Gasteiger partial charge in [0.15, 0.2) is 11.5 Å². The van der Waals surface area contributed by atoms with E-state index in [9.17, 15) is 4.79 Å². The summed E-state index contributed by atoms with van der Waals surface area (Å²) in [5, 5.41) is 1.96. The second-order valence-corrected chi connectivity index (χ2v) is 5.40. The maximum Gasteiger partial charge on any atom is 0.203 e. The number of carbonyl (C=O) groups excluding carboxylic acids is 1. The molecule has 1 heterocycles. The second-order valence-electron chi connectivity index (χ2n) is 4.49. The molecule has 112 valence electrons. The Morgan fingerprint density at radius 1 is 1.05 bits per heavy atom. The summed E-state index contributed by atoms with van der Waals surface area (Å²) in [4.78, 5) is 13.4. The number of aryl methyl sites for hydroxylation is 1. The molecule has 0 fully saturated rings. The van der Waals surface area contributed by atoms with Gasteiger partial charge in [0.1, 0.15) is 0 Å². The van der Waals surface area contributed by atoms with E-state index in [1.165, 1.54) is 11.3 Å². The first-order chi connectivity index (χ1) is 10.2. The number of rotatable bonds is 7. The van der Waals surface area contributed by atoms with Gasteiger partial charge in [-0.05, 0) is 55.5 Å². The Labute approximate surface area is 129 Å². The Hall–Kier alpha value is -1.81. The third-order valence-electron chi connectivity index (χ3n) is 3.14. The van der Waals surface area contributed by atoms with Crippen LogP contribution >= 0.6 is 11.3 Å². The molecule has 0 saturated carbocycles. The van der Waals surface area contributed by atoms with Gasteiger partial charge in [0.05, 0.1) is 18.1 Å². The van der Waals surface area contributed by atoms with Crippen LogP contribution < -0.4 is 9.47 Å². The van der Waals surface area contributed by atoms with Crippen molar-refractivity contribution in [1.29, 1.82) is 0 Å². The monoisotopic (exact) mass is 304 g/mol. The predicted octanol–water partition coefficient (Wildman–Crippen LogP) is 4.34. The second kappa shape index (κ2) is 7.27. The van der Waals surface area contributed by atoms with Crippen LogP contribution in [0.1, 0.15) is 41.6 Å². The fourth-order valence-corrected chi connectivity index (χ4v) is 3.09. The highest BCUT2D eigenvalue weighted by molar-refractivity contribution is 7.12. The zero-order valence-corrected chi connectivity index (χ0v) is 13.5. The number of thiophene rings is 1. The van der Waals surface area contributed by atoms with Crippen LogP contribution in [0.15, 0.2) is 29.6 Å². The molecule has 0 spiro atoms. The van der Waals surface area contributed by atoms with Crippen LogP contribution in [-0.4, -0.2) is 19.0 Å². The van der Waals surface area contributed by atoms with Crippen molar-refractivity contribution in [3.05, 3.63) is 45.6 Å². The molecule has 2 rings (SSSR count). The molecule has 1 aromatic carbocycles. The molecule has 4 heteroatoms. The van der Waals surface area contributed by atoms with Crippen LogP contribution in [0.5, 0.6) is 11.5 Å². The number of hydrogen-bond acceptors (Lipinski definition) is 4. The molecule has 0 saturated heterocycles. The van der Waals surface area contributed by atoms with Crippen molar-refractivity contribution in [2.75, 3.05) is 13.2 Å². The third-order valence-corrected chi connectivity index (χ3v) is 4.09. The molecule has 0 amide bonds. The summed E-state index contributed by atoms with van der Waals surface area (Å²) < 4.78 is 11.1. The molecule has 1 aromatic heterocycles. The molecule has 0 aliphatic heterocycles. The first kappa shape index (κ1) is 15.6. The highest BCUT2D eigenvalue weighted by Crippen LogP contribution is 2.30. The molecule has 0 aliphatic carbocycles. The average molecular weight is 304 g/mol. The summed E-state index contributed by atoms with van der Waals surface area (Å²) in [5.74, 6) is 1.35. The van der Waals surface area contributed by atoms with Crippen molar-refractivity contribution in [3.8, 4) is 11.5 Å². The Bertz CT molecular complexity index is 616. The average Bonchev–Trinajstić information content (AvgIpc) is 2.97. The van der Waals surface area contributed by atoms with E-state index in [0.717, 1.165) is 16.9 Å². The first-order valence-corrected chi connectivity index (χ1v) is 8.09. The van der Waals surface area contributed by atoms with E-state index >= 15 is 0 Å². The van der Waals surface area contributed by atoms with Crippen LogP contribution in [0.25, 0.3) is 0 Å². The minimum atomic E-state index is 0.0471. The van der Waals surface area contributed by atoms with E-state index < -0.39 is 0 Å². The van der Waals surface area contributed by atoms with Gasteiger partial charge < -0.3 is 9.47 Å². The van der Waals surface area contributed by atoms with Gasteiger partial charge in [0.25, 0.3) is 0 Å². The quantitative estimate of drug-likeness (QED) is 0.714. The summed E-state index contributed by atoms with van der Waals surface area (Å²) in [6, 6.07) is 7.39. The van der Waals surface area contributed by atoms with Crippen molar-refractivity contribution >= 4 is 17.1 Å². The van der Waals surface area contributed by atoms with Gasteiger partial charge in [-0.15, -0.1) is 11.3 Å². The highest BCUT2D eigenvalue weighted by atomic mass is 32.1. The molecule has 0 aliphatic rings. The van der Waals surface area contributed by atoms with E-state index in [4.69, 9.17) is 9.47 Å². The van der Waals surface area contributed by atoms with Crippen molar-refractivity contribution < 1.29 is 14.3 Å². The van der Waals surface area contributed by atoms with Crippen LogP contribution in [0.3, 0.4) is 0 Å². The predicted molar refractivity (Wildman–Crippen MR) is 85.9 cm³/mol. The topological polar surface area (TPSA) is 35.5 Å². The molecule has 21 heavy (non-hydrogen) atoms. The van der Waals surface area contributed by atoms with E-state index in [1.54, 1.807) is 18.2 Å². The van der Waals surface area contributed by atoms with Gasteiger partial charge in [-0.1, -0.05) is 6.92 Å². The molecule has 0 N–H and O–H groups in total. The number of carbonyl (C=O) groups is 1. The SMILES string of the molecule is CCOc1ccc(C(=O)c2sccc2CC)cc1OCC. The van der Waals surface area contributed by atoms with E-state index in [2.05, 4.69) is 6.92 Å². The lowest BCUT2D eigenvalue weighted by Crippen LogP contribution is -2.04. The minimum absolute atomic E-state index is 0.0471. The minimum Gasteiger partial charge on any atom is -0.490 e. The lowest BCUT2D eigenvalue weighted by Gasteiger charge is -2.12. The molecule has 0 bridgehead atoms. The van der Waals surface area contributed by atoms with E-state index in [0.29, 0.717) is 30.3 Å². The van der Waals surface area contributed by atoms with Crippen molar-refractivity contribution in [3.63, 3.8) is 0 Å². The van der Waals surface area contributed by atoms with Crippen molar-refractivity contribution in [2.24, 2.45) is 0 Å². The van der Waals surface area contributed by atoms with Gasteiger partial charge >= 0.3 is 0 Å². The maximum absolute atomic E-state index is 12.6. The lowest BCUT2D eigenvalue weighted by molar-refractivity contribution is 0.104. The summed E-state index contributed by atoms with van der Waals surface area (Å²) in [6.07, 6.45) is 0.861. The standard InChI is InChI=1S/C17H20O3S/c1-4-12-9-10-21-17(12)16(18)13-7-8-14(19-5-2)15(11-13)20-6-3/h7-11H,4-6H2,1-3H3. The summed E-state index contributed by atoms with van der Waals surface area (Å²) in [5.41, 5.74) is 1.73. The maximum atomic E-state index is 12.6. The van der Waals surface area contributed by atoms with Gasteiger partial charge in [0.2, 0.25) is 5.78 Å². The molecule has 0 unspecified atom stereocenters. The summed E-state index contributed by atoms with van der Waals surface area (Å²) in [6.45, 7) is 7.00. The number of hydrogen-bond donors (Lipinski definition) is 0. The Morgan fingerprint density at radius 2 is 1.76 bits per heavy atom. The molecule has 2 aromatic rings. The summed E-state index contributed by atoms with van der Waals surface area (Å²) in [7, 11) is 0. The summed E-state index contributed by atoms with van der Waals surface area (Å²) >= 11 is 1.49. The first-order valence-electron chi connectivity index (χ1n) is 7.21. The van der Waals surface area contributed by atoms with Gasteiger partial charge in [-0.25, -0.2) is 0 Å².